The molecule has 4 unspecified atom stereocenters. The summed E-state index contributed by atoms with van der Waals surface area (Å²) in [5.74, 6) is -0.689. The summed E-state index contributed by atoms with van der Waals surface area (Å²) in [7, 11) is 1.57. The smallest absolute Gasteiger partial charge is 0.243 e. The zero-order valence-corrected chi connectivity index (χ0v) is 23.7. The molecule has 3 fully saturated rings. The van der Waals surface area contributed by atoms with Crippen molar-refractivity contribution in [1.82, 2.24) is 16.0 Å². The van der Waals surface area contributed by atoms with Crippen molar-refractivity contribution in [1.29, 1.82) is 0 Å². The normalized spacial score (nSPS) is 26.4. The van der Waals surface area contributed by atoms with E-state index in [0.29, 0.717) is 44.0 Å². The minimum atomic E-state index is -0.972. The zero-order chi connectivity index (χ0) is 28.9. The molecule has 2 aliphatic carbocycles. The van der Waals surface area contributed by atoms with Gasteiger partial charge in [-0.05, 0) is 63.1 Å². The predicted octanol–water partition coefficient (Wildman–Crippen LogP) is 1.81. The molecule has 6 atom stereocenters. The maximum absolute atomic E-state index is 13.7. The summed E-state index contributed by atoms with van der Waals surface area (Å²) in [6.07, 6.45) is 6.04. The summed E-state index contributed by atoms with van der Waals surface area (Å²) in [5.41, 5.74) is -0.0771. The summed E-state index contributed by atoms with van der Waals surface area (Å²) in [6, 6.07) is 4.64. The third-order valence-electron chi connectivity index (χ3n) is 8.53. The number of epoxide rings is 1. The first-order chi connectivity index (χ1) is 19.1. The van der Waals surface area contributed by atoms with Gasteiger partial charge in [-0.3, -0.25) is 19.2 Å². The first kappa shape index (κ1) is 30.0. The number of nitrogens with one attached hydrogen (secondary N) is 3. The average molecular weight is 558 g/mol. The molecule has 40 heavy (non-hydrogen) atoms. The molecule has 0 spiro atoms. The predicted molar refractivity (Wildman–Crippen MR) is 147 cm³/mol. The third-order valence-corrected chi connectivity index (χ3v) is 8.53. The van der Waals surface area contributed by atoms with Crippen molar-refractivity contribution in [2.45, 2.75) is 101 Å². The number of hydrogen-bond acceptors (Lipinski definition) is 7. The van der Waals surface area contributed by atoms with Gasteiger partial charge in [-0.1, -0.05) is 37.8 Å². The summed E-state index contributed by atoms with van der Waals surface area (Å²) >= 11 is 0. The molecule has 1 aromatic rings. The summed E-state index contributed by atoms with van der Waals surface area (Å²) < 4.78 is 10.6. The molecule has 1 aromatic carbocycles. The van der Waals surface area contributed by atoms with Gasteiger partial charge in [-0.15, -0.1) is 0 Å². The van der Waals surface area contributed by atoms with Crippen LogP contribution in [0.25, 0.3) is 0 Å². The van der Waals surface area contributed by atoms with Gasteiger partial charge in [0, 0.05) is 12.3 Å². The van der Waals surface area contributed by atoms with Crippen LogP contribution in [0.3, 0.4) is 0 Å². The Hall–Kier alpha value is -2.98. The fourth-order valence-electron chi connectivity index (χ4n) is 5.80. The van der Waals surface area contributed by atoms with E-state index in [4.69, 9.17) is 9.47 Å². The van der Waals surface area contributed by atoms with Crippen LogP contribution >= 0.6 is 0 Å². The van der Waals surface area contributed by atoms with E-state index in [1.54, 1.807) is 33.1 Å². The lowest BCUT2D eigenvalue weighted by molar-refractivity contribution is -0.134. The van der Waals surface area contributed by atoms with E-state index in [-0.39, 0.29) is 24.0 Å². The first-order valence-electron chi connectivity index (χ1n) is 14.5. The summed E-state index contributed by atoms with van der Waals surface area (Å²) in [6.45, 7) is 3.65. The highest BCUT2D eigenvalue weighted by molar-refractivity contribution is 5.98. The second-order valence-electron chi connectivity index (χ2n) is 11.8. The number of benzene rings is 1. The van der Waals surface area contributed by atoms with E-state index in [2.05, 4.69) is 16.0 Å². The number of amides is 3. The van der Waals surface area contributed by atoms with Crippen LogP contribution in [0.4, 0.5) is 0 Å². The van der Waals surface area contributed by atoms with Crippen molar-refractivity contribution in [3.8, 4) is 5.75 Å². The topological polar surface area (TPSA) is 146 Å². The highest BCUT2D eigenvalue weighted by atomic mass is 16.6. The van der Waals surface area contributed by atoms with Crippen molar-refractivity contribution in [2.24, 2.45) is 11.8 Å². The fraction of sp³-hybridized carbons (Fsp3) is 0.667. The molecule has 10 nitrogen and oxygen atoms in total. The Balaban J connectivity index is 1.46. The van der Waals surface area contributed by atoms with Crippen LogP contribution in [-0.2, 0) is 30.3 Å². The largest absolute Gasteiger partial charge is 0.497 e. The maximum atomic E-state index is 13.7. The molecule has 2 saturated carbocycles. The molecule has 1 aliphatic heterocycles. The van der Waals surface area contributed by atoms with Gasteiger partial charge in [0.25, 0.3) is 0 Å². The van der Waals surface area contributed by atoms with Gasteiger partial charge in [0.05, 0.1) is 25.9 Å². The van der Waals surface area contributed by atoms with E-state index in [0.717, 1.165) is 31.2 Å². The van der Waals surface area contributed by atoms with Gasteiger partial charge in [0.15, 0.2) is 5.78 Å². The van der Waals surface area contributed by atoms with E-state index in [9.17, 15) is 24.3 Å². The lowest BCUT2D eigenvalue weighted by Crippen LogP contribution is -2.57. The quantitative estimate of drug-likeness (QED) is 0.271. The first-order valence-corrected chi connectivity index (χ1v) is 14.5. The number of hydrogen-bond donors (Lipinski definition) is 4. The molecule has 4 rings (SSSR count). The Morgan fingerprint density at radius 2 is 1.65 bits per heavy atom. The summed E-state index contributed by atoms with van der Waals surface area (Å²) in [5, 5.41) is 18.2. The number of carbonyl (C=O) groups excluding carboxylic acids is 4. The minimum Gasteiger partial charge on any atom is -0.497 e. The van der Waals surface area contributed by atoms with Crippen molar-refractivity contribution < 1.29 is 33.8 Å². The fourth-order valence-corrected chi connectivity index (χ4v) is 5.80. The van der Waals surface area contributed by atoms with E-state index in [1.165, 1.54) is 0 Å². The monoisotopic (exact) mass is 557 g/mol. The Kier molecular flexibility index (Phi) is 9.84. The van der Waals surface area contributed by atoms with Gasteiger partial charge >= 0.3 is 0 Å². The Bertz CT molecular complexity index is 1070. The van der Waals surface area contributed by atoms with Crippen molar-refractivity contribution in [3.05, 3.63) is 29.8 Å². The lowest BCUT2D eigenvalue weighted by Gasteiger charge is -2.27. The van der Waals surface area contributed by atoms with Gasteiger partial charge in [0.1, 0.15) is 23.4 Å². The van der Waals surface area contributed by atoms with Crippen LogP contribution in [-0.4, -0.2) is 72.2 Å². The van der Waals surface area contributed by atoms with Gasteiger partial charge in [-0.25, -0.2) is 0 Å². The van der Waals surface area contributed by atoms with Gasteiger partial charge in [0.2, 0.25) is 17.7 Å². The number of Topliss-reactive ketones (excluding diaryl/α,β-unsaturated/α-hetero) is 1. The molecule has 4 N–H and O–H groups in total. The van der Waals surface area contributed by atoms with Crippen LogP contribution in [0.5, 0.6) is 5.75 Å². The van der Waals surface area contributed by atoms with Crippen molar-refractivity contribution in [3.63, 3.8) is 0 Å². The molecular formula is C30H43N3O7. The zero-order valence-electron chi connectivity index (χ0n) is 23.7. The lowest BCUT2D eigenvalue weighted by atomic mass is 9.90. The summed E-state index contributed by atoms with van der Waals surface area (Å²) in [4.78, 5) is 52.8. The third kappa shape index (κ3) is 7.81. The number of carbonyl (C=O) groups is 4. The van der Waals surface area contributed by atoms with Crippen LogP contribution < -0.4 is 20.7 Å². The molecule has 1 saturated heterocycles. The van der Waals surface area contributed by atoms with Crippen LogP contribution in [0.1, 0.15) is 70.8 Å². The molecule has 220 valence electrons. The Morgan fingerprint density at radius 3 is 2.23 bits per heavy atom. The van der Waals surface area contributed by atoms with E-state index in [1.807, 2.05) is 12.1 Å². The second kappa shape index (κ2) is 13.1. The molecule has 3 aliphatic rings. The van der Waals surface area contributed by atoms with Crippen molar-refractivity contribution in [2.75, 3.05) is 13.7 Å². The standard InChI is InChI=1S/C30H43N3O7/c1-18(31-28(37)21-10-11-22(34)16-21)27(36)33-25(15-20-8-12-23(39-3)13-9-20)29(38)32-24(14-19-6-4-5-7-19)26(35)30(2)17-40-30/h8-9,12-13,18-19,21-22,24-25,34H,4-7,10-11,14-17H2,1-3H3,(H,31,37)(H,32,38)(H,33,36)/t18?,21-,22+,24?,25?,30?/m0/s1. The van der Waals surface area contributed by atoms with Crippen molar-refractivity contribution >= 4 is 23.5 Å². The second-order valence-corrected chi connectivity index (χ2v) is 11.8. The van der Waals surface area contributed by atoms with E-state index < -0.39 is 41.6 Å². The molecule has 1 heterocycles. The maximum Gasteiger partial charge on any atom is 0.243 e. The molecule has 0 radical (unpaired) electrons. The highest BCUT2D eigenvalue weighted by Crippen LogP contribution is 2.33. The molecule has 10 heteroatoms. The van der Waals surface area contributed by atoms with Gasteiger partial charge in [-0.2, -0.15) is 0 Å². The van der Waals surface area contributed by atoms with Crippen LogP contribution in [0.2, 0.25) is 0 Å². The number of ketones is 1. The molecule has 0 aromatic heterocycles. The number of methoxy groups -OCH3 is 1. The molecule has 3 amide bonds. The van der Waals surface area contributed by atoms with E-state index >= 15 is 0 Å². The Morgan fingerprint density at radius 1 is 1.00 bits per heavy atom. The average Bonchev–Trinajstić information content (AvgIpc) is 3.28. The van der Waals surface area contributed by atoms with Crippen LogP contribution in [0.15, 0.2) is 24.3 Å². The number of ether oxygens (including phenoxy) is 2. The molecular weight excluding hydrogens is 514 g/mol. The van der Waals surface area contributed by atoms with Crippen LogP contribution in [0, 0.1) is 11.8 Å². The highest BCUT2D eigenvalue weighted by Gasteiger charge is 2.50. The SMILES string of the molecule is COc1ccc(CC(NC(=O)C(C)NC(=O)[C@H]2CC[C@@H](O)C2)C(=O)NC(CC2CCCC2)C(=O)C2(C)CO2)cc1. The Labute approximate surface area is 235 Å². The number of rotatable bonds is 13. The molecule has 0 bridgehead atoms. The van der Waals surface area contributed by atoms with Gasteiger partial charge < -0.3 is 30.5 Å². The minimum absolute atomic E-state index is 0.137. The number of aliphatic hydroxyl groups excluding tert-OH is 1. The number of aliphatic hydroxyl groups is 1.